The standard InChI is InChI=1S/C19H14ClFN4O4/c20-15-6-3-13(11-17(15)25(27)28)19(26)22-9-10-29-18-8-7-16(23-24-18)12-1-4-14(21)5-2-12/h1-8,11H,9-10H2,(H,22,26). The number of nitro benzene ring substituents is 1. The molecule has 8 nitrogen and oxygen atoms in total. The van der Waals surface area contributed by atoms with Crippen LogP contribution in [0, 0.1) is 15.9 Å². The lowest BCUT2D eigenvalue weighted by atomic mass is 10.1. The van der Waals surface area contributed by atoms with E-state index in [9.17, 15) is 19.3 Å². The van der Waals surface area contributed by atoms with Gasteiger partial charge in [0.1, 0.15) is 17.4 Å². The fourth-order valence-corrected chi connectivity index (χ4v) is 2.57. The smallest absolute Gasteiger partial charge is 0.288 e. The third-order valence-electron chi connectivity index (χ3n) is 3.82. The van der Waals surface area contributed by atoms with E-state index in [0.29, 0.717) is 5.69 Å². The number of hydrogen-bond donors (Lipinski definition) is 1. The molecule has 0 radical (unpaired) electrons. The molecule has 0 aliphatic carbocycles. The van der Waals surface area contributed by atoms with Crippen molar-refractivity contribution in [2.45, 2.75) is 0 Å². The Morgan fingerprint density at radius 2 is 1.90 bits per heavy atom. The molecule has 10 heteroatoms. The number of aromatic nitrogens is 2. The van der Waals surface area contributed by atoms with Gasteiger partial charge in [-0.3, -0.25) is 14.9 Å². The molecule has 0 saturated carbocycles. The van der Waals surface area contributed by atoms with Crippen LogP contribution < -0.4 is 10.1 Å². The number of ether oxygens (including phenoxy) is 1. The van der Waals surface area contributed by atoms with Gasteiger partial charge in [-0.25, -0.2) is 4.39 Å². The van der Waals surface area contributed by atoms with Gasteiger partial charge in [-0.05, 0) is 42.5 Å². The van der Waals surface area contributed by atoms with E-state index >= 15 is 0 Å². The van der Waals surface area contributed by atoms with Crippen LogP contribution in [0.1, 0.15) is 10.4 Å². The maximum Gasteiger partial charge on any atom is 0.288 e. The molecule has 0 fully saturated rings. The van der Waals surface area contributed by atoms with Crippen molar-refractivity contribution >= 4 is 23.2 Å². The zero-order valence-corrected chi connectivity index (χ0v) is 15.6. The second-order valence-electron chi connectivity index (χ2n) is 5.79. The molecule has 0 bridgehead atoms. The summed E-state index contributed by atoms with van der Waals surface area (Å²) in [6.07, 6.45) is 0. The van der Waals surface area contributed by atoms with Gasteiger partial charge in [-0.1, -0.05) is 11.6 Å². The van der Waals surface area contributed by atoms with Crippen molar-refractivity contribution < 1.29 is 18.8 Å². The van der Waals surface area contributed by atoms with E-state index in [0.717, 1.165) is 11.6 Å². The SMILES string of the molecule is O=C(NCCOc1ccc(-c2ccc(F)cc2)nn1)c1ccc(Cl)c([N+](=O)[O-])c1. The highest BCUT2D eigenvalue weighted by Gasteiger charge is 2.16. The lowest BCUT2D eigenvalue weighted by molar-refractivity contribution is -0.384. The van der Waals surface area contributed by atoms with Crippen molar-refractivity contribution in [2.24, 2.45) is 0 Å². The Morgan fingerprint density at radius 1 is 1.14 bits per heavy atom. The van der Waals surface area contributed by atoms with Crippen LogP contribution in [0.2, 0.25) is 5.02 Å². The summed E-state index contributed by atoms with van der Waals surface area (Å²) in [6, 6.07) is 12.9. The monoisotopic (exact) mass is 416 g/mol. The second-order valence-corrected chi connectivity index (χ2v) is 6.20. The summed E-state index contributed by atoms with van der Waals surface area (Å²) in [7, 11) is 0. The van der Waals surface area contributed by atoms with Gasteiger partial charge in [0.15, 0.2) is 0 Å². The molecule has 29 heavy (non-hydrogen) atoms. The predicted octanol–water partition coefficient (Wildman–Crippen LogP) is 3.65. The summed E-state index contributed by atoms with van der Waals surface area (Å²) in [6.45, 7) is 0.267. The molecule has 0 unspecified atom stereocenters. The second kappa shape index (κ2) is 9.07. The summed E-state index contributed by atoms with van der Waals surface area (Å²) < 4.78 is 18.4. The summed E-state index contributed by atoms with van der Waals surface area (Å²) >= 11 is 5.72. The molecule has 3 aromatic rings. The Kier molecular flexibility index (Phi) is 6.30. The lowest BCUT2D eigenvalue weighted by Crippen LogP contribution is -2.28. The number of carbonyl (C=O) groups is 1. The van der Waals surface area contributed by atoms with Crippen molar-refractivity contribution in [1.82, 2.24) is 15.5 Å². The van der Waals surface area contributed by atoms with E-state index in [4.69, 9.17) is 16.3 Å². The Hall–Kier alpha value is -3.59. The fraction of sp³-hybridized carbons (Fsp3) is 0.105. The van der Waals surface area contributed by atoms with Crippen LogP contribution in [0.15, 0.2) is 54.6 Å². The van der Waals surface area contributed by atoms with Crippen LogP contribution in [-0.4, -0.2) is 34.2 Å². The molecule has 0 saturated heterocycles. The number of halogens is 2. The summed E-state index contributed by atoms with van der Waals surface area (Å²) in [5.74, 6) is -0.574. The Bertz CT molecular complexity index is 1030. The van der Waals surface area contributed by atoms with Gasteiger partial charge in [0.25, 0.3) is 11.6 Å². The van der Waals surface area contributed by atoms with Crippen LogP contribution in [0.3, 0.4) is 0 Å². The van der Waals surface area contributed by atoms with Gasteiger partial charge in [0, 0.05) is 23.3 Å². The number of nitro groups is 1. The van der Waals surface area contributed by atoms with Crippen LogP contribution >= 0.6 is 11.6 Å². The maximum atomic E-state index is 13.0. The molecular formula is C19H14ClFN4O4. The highest BCUT2D eigenvalue weighted by atomic mass is 35.5. The van der Waals surface area contributed by atoms with Crippen LogP contribution in [-0.2, 0) is 0 Å². The fourth-order valence-electron chi connectivity index (χ4n) is 2.39. The van der Waals surface area contributed by atoms with E-state index < -0.39 is 10.8 Å². The normalized spacial score (nSPS) is 10.4. The molecule has 0 spiro atoms. The Balaban J connectivity index is 1.50. The number of nitrogens with zero attached hydrogens (tertiary/aromatic N) is 3. The first-order valence-electron chi connectivity index (χ1n) is 8.38. The molecule has 1 N–H and O–H groups in total. The van der Waals surface area contributed by atoms with Gasteiger partial charge in [0.2, 0.25) is 5.88 Å². The zero-order valence-electron chi connectivity index (χ0n) is 14.8. The first-order valence-corrected chi connectivity index (χ1v) is 8.76. The molecule has 2 aromatic carbocycles. The van der Waals surface area contributed by atoms with Crippen molar-refractivity contribution in [2.75, 3.05) is 13.2 Å². The third kappa shape index (κ3) is 5.23. The van der Waals surface area contributed by atoms with Crippen LogP contribution in [0.5, 0.6) is 5.88 Å². The molecule has 148 valence electrons. The van der Waals surface area contributed by atoms with E-state index in [1.807, 2.05) is 0 Å². The minimum atomic E-state index is -0.656. The summed E-state index contributed by atoms with van der Waals surface area (Å²) in [4.78, 5) is 22.3. The van der Waals surface area contributed by atoms with E-state index in [-0.39, 0.29) is 41.1 Å². The van der Waals surface area contributed by atoms with Crippen molar-refractivity contribution in [3.05, 3.63) is 81.1 Å². The summed E-state index contributed by atoms with van der Waals surface area (Å²) in [5.41, 5.74) is 1.06. The molecule has 0 aliphatic heterocycles. The molecule has 3 rings (SSSR count). The van der Waals surface area contributed by atoms with Gasteiger partial charge in [-0.2, -0.15) is 0 Å². The molecular weight excluding hydrogens is 403 g/mol. The average molecular weight is 417 g/mol. The first kappa shape index (κ1) is 20.2. The minimum absolute atomic E-state index is 0.0439. The predicted molar refractivity (Wildman–Crippen MR) is 103 cm³/mol. The van der Waals surface area contributed by atoms with E-state index in [1.165, 1.54) is 24.3 Å². The van der Waals surface area contributed by atoms with Gasteiger partial charge in [-0.15, -0.1) is 10.2 Å². The minimum Gasteiger partial charge on any atom is -0.475 e. The van der Waals surface area contributed by atoms with Crippen LogP contribution in [0.25, 0.3) is 11.3 Å². The molecule has 1 amide bonds. The molecule has 0 aliphatic rings. The highest BCUT2D eigenvalue weighted by Crippen LogP contribution is 2.25. The van der Waals surface area contributed by atoms with Gasteiger partial charge >= 0.3 is 0 Å². The number of carbonyl (C=O) groups excluding carboxylic acids is 1. The van der Waals surface area contributed by atoms with E-state index in [2.05, 4.69) is 15.5 Å². The number of amides is 1. The number of nitrogens with one attached hydrogen (secondary N) is 1. The Labute approximate surface area is 169 Å². The molecule has 0 atom stereocenters. The number of rotatable bonds is 7. The zero-order chi connectivity index (χ0) is 20.8. The topological polar surface area (TPSA) is 107 Å². The van der Waals surface area contributed by atoms with Crippen LogP contribution in [0.4, 0.5) is 10.1 Å². The van der Waals surface area contributed by atoms with Gasteiger partial charge < -0.3 is 10.1 Å². The third-order valence-corrected chi connectivity index (χ3v) is 4.14. The number of benzene rings is 2. The highest BCUT2D eigenvalue weighted by molar-refractivity contribution is 6.32. The quantitative estimate of drug-likeness (QED) is 0.358. The molecule has 1 aromatic heterocycles. The lowest BCUT2D eigenvalue weighted by Gasteiger charge is -2.07. The number of hydrogen-bond acceptors (Lipinski definition) is 6. The average Bonchev–Trinajstić information content (AvgIpc) is 2.72. The van der Waals surface area contributed by atoms with Crippen molar-refractivity contribution in [3.8, 4) is 17.1 Å². The Morgan fingerprint density at radius 3 is 2.55 bits per heavy atom. The van der Waals surface area contributed by atoms with Crippen molar-refractivity contribution in [3.63, 3.8) is 0 Å². The van der Waals surface area contributed by atoms with Crippen molar-refractivity contribution in [1.29, 1.82) is 0 Å². The molecule has 1 heterocycles. The summed E-state index contributed by atoms with van der Waals surface area (Å²) in [5, 5.41) is 21.4. The van der Waals surface area contributed by atoms with Gasteiger partial charge in [0.05, 0.1) is 17.2 Å². The maximum absolute atomic E-state index is 13.0. The largest absolute Gasteiger partial charge is 0.475 e. The first-order chi connectivity index (χ1) is 13.9. The van der Waals surface area contributed by atoms with E-state index in [1.54, 1.807) is 24.3 Å².